The Balaban J connectivity index is 2.08. The predicted octanol–water partition coefficient (Wildman–Crippen LogP) is 9.12. The van der Waals surface area contributed by atoms with Gasteiger partial charge in [0.05, 0.1) is 18.8 Å². The standard InChI is InChI=1S/C28H36N3/c1-3-5-15-23-31(24-16-6-4-2,26-19-11-8-12-20-26)28-22-14-13-21-27(28)30-29-25-17-9-7-10-18-25/h7-14,17-22H,3-6,15-16,23-24H2,1-2H3/q+1. The molecule has 3 aromatic carbocycles. The van der Waals surface area contributed by atoms with Crippen molar-refractivity contribution in [3.05, 3.63) is 84.9 Å². The van der Waals surface area contributed by atoms with E-state index in [4.69, 9.17) is 5.11 Å². The summed E-state index contributed by atoms with van der Waals surface area (Å²) < 4.78 is 0.838. The molecule has 0 aromatic heterocycles. The largest absolute Gasteiger partial charge is 0.257 e. The molecule has 0 bridgehead atoms. The zero-order valence-corrected chi connectivity index (χ0v) is 19.1. The summed E-state index contributed by atoms with van der Waals surface area (Å²) in [5, 5.41) is 9.29. The third-order valence-corrected chi connectivity index (χ3v) is 5.91. The minimum Gasteiger partial charge on any atom is -0.257 e. The quantitative estimate of drug-likeness (QED) is 0.160. The van der Waals surface area contributed by atoms with Crippen LogP contribution in [-0.2, 0) is 0 Å². The number of unbranched alkanes of at least 4 members (excludes halogenated alkanes) is 4. The van der Waals surface area contributed by atoms with Crippen molar-refractivity contribution in [2.24, 2.45) is 10.2 Å². The Bertz CT molecular complexity index is 909. The Hall–Kier alpha value is -2.78. The van der Waals surface area contributed by atoms with Crippen molar-refractivity contribution in [3.63, 3.8) is 0 Å². The molecule has 0 atom stereocenters. The number of para-hydroxylation sites is 2. The van der Waals surface area contributed by atoms with Crippen molar-refractivity contribution >= 4 is 22.7 Å². The molecule has 162 valence electrons. The van der Waals surface area contributed by atoms with E-state index in [1.165, 1.54) is 49.9 Å². The van der Waals surface area contributed by atoms with Crippen LogP contribution in [0.15, 0.2) is 95.2 Å². The van der Waals surface area contributed by atoms with Gasteiger partial charge in [-0.1, -0.05) is 75.2 Å². The lowest BCUT2D eigenvalue weighted by molar-refractivity contribution is 0.359. The van der Waals surface area contributed by atoms with E-state index >= 15 is 0 Å². The van der Waals surface area contributed by atoms with E-state index in [2.05, 4.69) is 73.6 Å². The summed E-state index contributed by atoms with van der Waals surface area (Å²) in [6.07, 6.45) is 7.32. The van der Waals surface area contributed by atoms with Gasteiger partial charge in [-0.05, 0) is 56.0 Å². The van der Waals surface area contributed by atoms with E-state index in [1.54, 1.807) is 0 Å². The fraction of sp³-hybridized carbons (Fsp3) is 0.357. The van der Waals surface area contributed by atoms with E-state index in [0.717, 1.165) is 28.9 Å². The van der Waals surface area contributed by atoms with Crippen LogP contribution in [0.5, 0.6) is 0 Å². The summed E-state index contributed by atoms with van der Waals surface area (Å²) in [4.78, 5) is 0. The summed E-state index contributed by atoms with van der Waals surface area (Å²) in [6, 6.07) is 29.6. The second-order valence-electron chi connectivity index (χ2n) is 8.19. The highest BCUT2D eigenvalue weighted by Gasteiger charge is 2.34. The van der Waals surface area contributed by atoms with Gasteiger partial charge in [0.15, 0.2) is 5.69 Å². The highest BCUT2D eigenvalue weighted by atomic mass is 15.4. The smallest absolute Gasteiger partial charge is 0.165 e. The van der Waals surface area contributed by atoms with Crippen molar-refractivity contribution in [2.45, 2.75) is 52.4 Å². The maximum absolute atomic E-state index is 4.73. The van der Waals surface area contributed by atoms with Crippen molar-refractivity contribution in [2.75, 3.05) is 13.1 Å². The van der Waals surface area contributed by atoms with Gasteiger partial charge < -0.3 is 0 Å². The van der Waals surface area contributed by atoms with Crippen molar-refractivity contribution in [1.29, 1.82) is 0 Å². The van der Waals surface area contributed by atoms with E-state index in [-0.39, 0.29) is 0 Å². The lowest BCUT2D eigenvalue weighted by atomic mass is 10.1. The van der Waals surface area contributed by atoms with Crippen LogP contribution in [0.1, 0.15) is 52.4 Å². The molecule has 3 rings (SSSR count). The molecule has 0 amide bonds. The summed E-state index contributed by atoms with van der Waals surface area (Å²) in [5.41, 5.74) is 4.44. The Morgan fingerprint density at radius 2 is 1.13 bits per heavy atom. The second-order valence-corrected chi connectivity index (χ2v) is 8.19. The molecular weight excluding hydrogens is 378 g/mol. The zero-order chi connectivity index (χ0) is 21.8. The first-order valence-electron chi connectivity index (χ1n) is 11.8. The molecule has 3 aromatic rings. The fourth-order valence-corrected chi connectivity index (χ4v) is 4.24. The maximum Gasteiger partial charge on any atom is 0.165 e. The molecule has 0 fully saturated rings. The summed E-state index contributed by atoms with van der Waals surface area (Å²) >= 11 is 0. The highest BCUT2D eigenvalue weighted by Crippen LogP contribution is 2.42. The van der Waals surface area contributed by atoms with Gasteiger partial charge >= 0.3 is 0 Å². The predicted molar refractivity (Wildman–Crippen MR) is 134 cm³/mol. The monoisotopic (exact) mass is 414 g/mol. The number of nitrogens with zero attached hydrogens (tertiary/aromatic N) is 3. The Kier molecular flexibility index (Phi) is 8.99. The van der Waals surface area contributed by atoms with Crippen LogP contribution < -0.4 is 4.48 Å². The first-order chi connectivity index (χ1) is 15.3. The fourth-order valence-electron chi connectivity index (χ4n) is 4.24. The summed E-state index contributed by atoms with van der Waals surface area (Å²) in [6.45, 7) is 6.71. The molecule has 31 heavy (non-hydrogen) atoms. The van der Waals surface area contributed by atoms with Crippen LogP contribution in [0.3, 0.4) is 0 Å². The van der Waals surface area contributed by atoms with Gasteiger partial charge in [0.1, 0.15) is 11.4 Å². The number of quaternary nitrogens is 1. The van der Waals surface area contributed by atoms with Crippen molar-refractivity contribution in [3.8, 4) is 0 Å². The maximum atomic E-state index is 4.73. The number of azo groups is 1. The van der Waals surface area contributed by atoms with Crippen LogP contribution in [0, 0.1) is 0 Å². The molecule has 0 spiro atoms. The molecule has 0 saturated carbocycles. The van der Waals surface area contributed by atoms with Gasteiger partial charge in [-0.15, -0.1) is 5.11 Å². The molecule has 0 heterocycles. The van der Waals surface area contributed by atoms with Crippen LogP contribution in [-0.4, -0.2) is 13.1 Å². The van der Waals surface area contributed by atoms with E-state index in [9.17, 15) is 0 Å². The SMILES string of the molecule is CCCCC[N+](CCCCC)(c1ccccc1)c1ccccc1N=Nc1ccccc1. The molecule has 0 radical (unpaired) electrons. The molecule has 0 aliphatic rings. The van der Waals surface area contributed by atoms with Gasteiger partial charge in [-0.2, -0.15) is 5.11 Å². The summed E-state index contributed by atoms with van der Waals surface area (Å²) in [5.74, 6) is 0. The van der Waals surface area contributed by atoms with Gasteiger partial charge in [0.2, 0.25) is 0 Å². The molecule has 3 heteroatoms. The number of hydrogen-bond acceptors (Lipinski definition) is 2. The van der Waals surface area contributed by atoms with Crippen LogP contribution >= 0.6 is 0 Å². The number of benzene rings is 3. The third kappa shape index (κ3) is 6.11. The minimum atomic E-state index is 0.838. The van der Waals surface area contributed by atoms with Gasteiger partial charge in [-0.3, -0.25) is 4.48 Å². The lowest BCUT2D eigenvalue weighted by Crippen LogP contribution is -2.46. The zero-order valence-electron chi connectivity index (χ0n) is 19.1. The number of hydrogen-bond donors (Lipinski definition) is 0. The summed E-state index contributed by atoms with van der Waals surface area (Å²) in [7, 11) is 0. The molecular formula is C28H36N3+. The van der Waals surface area contributed by atoms with Gasteiger partial charge in [0.25, 0.3) is 0 Å². The van der Waals surface area contributed by atoms with Gasteiger partial charge in [-0.25, -0.2) is 0 Å². The average molecular weight is 415 g/mol. The van der Waals surface area contributed by atoms with Crippen LogP contribution in [0.25, 0.3) is 0 Å². The average Bonchev–Trinajstić information content (AvgIpc) is 2.83. The normalized spacial score (nSPS) is 11.8. The molecule has 3 nitrogen and oxygen atoms in total. The molecule has 0 N–H and O–H groups in total. The van der Waals surface area contributed by atoms with E-state index in [1.807, 2.05) is 30.3 Å². The van der Waals surface area contributed by atoms with E-state index < -0.39 is 0 Å². The van der Waals surface area contributed by atoms with Gasteiger partial charge in [0, 0.05) is 6.07 Å². The topological polar surface area (TPSA) is 24.7 Å². The third-order valence-electron chi connectivity index (χ3n) is 5.91. The molecule has 0 unspecified atom stereocenters. The minimum absolute atomic E-state index is 0.838. The first kappa shape index (κ1) is 22.9. The number of rotatable bonds is 12. The first-order valence-corrected chi connectivity index (χ1v) is 11.8. The second kappa shape index (κ2) is 12.2. The lowest BCUT2D eigenvalue weighted by Gasteiger charge is -2.38. The molecule has 0 saturated heterocycles. The Morgan fingerprint density at radius 3 is 1.74 bits per heavy atom. The molecule has 0 aliphatic heterocycles. The highest BCUT2D eigenvalue weighted by molar-refractivity contribution is 5.70. The van der Waals surface area contributed by atoms with Crippen LogP contribution in [0.4, 0.5) is 22.7 Å². The Morgan fingerprint density at radius 1 is 0.581 bits per heavy atom. The van der Waals surface area contributed by atoms with E-state index in [0.29, 0.717) is 0 Å². The molecule has 0 aliphatic carbocycles. The van der Waals surface area contributed by atoms with Crippen molar-refractivity contribution in [1.82, 2.24) is 4.48 Å². The Labute approximate surface area is 188 Å². The van der Waals surface area contributed by atoms with Crippen molar-refractivity contribution < 1.29 is 0 Å². The van der Waals surface area contributed by atoms with Crippen LogP contribution in [0.2, 0.25) is 0 Å².